The highest BCUT2D eigenvalue weighted by Crippen LogP contribution is 2.21. The second-order valence-corrected chi connectivity index (χ2v) is 5.35. The molecule has 0 aromatic rings. The van der Waals surface area contributed by atoms with Gasteiger partial charge in [-0.2, -0.15) is 0 Å². The van der Waals surface area contributed by atoms with E-state index in [1.165, 1.54) is 6.42 Å². The van der Waals surface area contributed by atoms with Crippen molar-refractivity contribution < 1.29 is 14.3 Å². The summed E-state index contributed by atoms with van der Waals surface area (Å²) >= 11 is 0. The Labute approximate surface area is 116 Å². The van der Waals surface area contributed by atoms with Crippen molar-refractivity contribution in [3.8, 4) is 0 Å². The molecule has 1 aliphatic rings. The van der Waals surface area contributed by atoms with Gasteiger partial charge in [0.2, 0.25) is 0 Å². The van der Waals surface area contributed by atoms with Crippen molar-refractivity contribution in [2.24, 2.45) is 0 Å². The van der Waals surface area contributed by atoms with Crippen LogP contribution in [0.3, 0.4) is 0 Å². The molecule has 1 fully saturated rings. The zero-order valence-electron chi connectivity index (χ0n) is 12.3. The monoisotopic (exact) mass is 269 g/mol. The van der Waals surface area contributed by atoms with Gasteiger partial charge in [0, 0.05) is 18.9 Å². The van der Waals surface area contributed by atoms with Crippen LogP contribution in [-0.4, -0.2) is 42.4 Å². The number of carbonyl (C=O) groups excluding carboxylic acids is 2. The molecule has 0 N–H and O–H groups in total. The topological polar surface area (TPSA) is 46.6 Å². The molecule has 4 nitrogen and oxygen atoms in total. The molecule has 0 spiro atoms. The maximum absolute atomic E-state index is 11.2. The lowest BCUT2D eigenvalue weighted by molar-refractivity contribution is -0.143. The fraction of sp³-hybridized carbons (Fsp3) is 0.867. The van der Waals surface area contributed by atoms with E-state index in [1.54, 1.807) is 6.92 Å². The Morgan fingerprint density at radius 1 is 1.26 bits per heavy atom. The first kappa shape index (κ1) is 16.2. The summed E-state index contributed by atoms with van der Waals surface area (Å²) < 4.78 is 4.90. The van der Waals surface area contributed by atoms with Crippen LogP contribution in [0.1, 0.15) is 58.8 Å². The van der Waals surface area contributed by atoms with Gasteiger partial charge in [0.15, 0.2) is 0 Å². The number of esters is 1. The molecule has 1 unspecified atom stereocenters. The van der Waals surface area contributed by atoms with E-state index >= 15 is 0 Å². The third-order valence-electron chi connectivity index (χ3n) is 3.65. The Morgan fingerprint density at radius 2 is 2.05 bits per heavy atom. The number of carbonyl (C=O) groups is 2. The van der Waals surface area contributed by atoms with E-state index in [1.807, 2.05) is 6.92 Å². The van der Waals surface area contributed by atoms with Crippen LogP contribution in [0.25, 0.3) is 0 Å². The maximum Gasteiger partial charge on any atom is 0.305 e. The van der Waals surface area contributed by atoms with Gasteiger partial charge < -0.3 is 4.74 Å². The molecule has 0 amide bonds. The number of hydrogen-bond acceptors (Lipinski definition) is 4. The van der Waals surface area contributed by atoms with Crippen molar-refractivity contribution in [3.63, 3.8) is 0 Å². The predicted molar refractivity (Wildman–Crippen MR) is 75.0 cm³/mol. The van der Waals surface area contributed by atoms with E-state index in [-0.39, 0.29) is 5.97 Å². The molecule has 1 heterocycles. The quantitative estimate of drug-likeness (QED) is 0.477. The van der Waals surface area contributed by atoms with Crippen LogP contribution in [0.15, 0.2) is 0 Å². The van der Waals surface area contributed by atoms with Gasteiger partial charge in [-0.3, -0.25) is 14.5 Å². The lowest BCUT2D eigenvalue weighted by atomic mass is 10.1. The average molecular weight is 269 g/mol. The summed E-state index contributed by atoms with van der Waals surface area (Å²) in [6, 6.07) is 0.461. The van der Waals surface area contributed by atoms with Crippen molar-refractivity contribution in [1.82, 2.24) is 4.90 Å². The Morgan fingerprint density at radius 3 is 2.74 bits per heavy atom. The number of likely N-dealkylation sites (tertiary alicyclic amines) is 1. The van der Waals surface area contributed by atoms with Crippen molar-refractivity contribution in [1.29, 1.82) is 0 Å². The van der Waals surface area contributed by atoms with Crippen LogP contribution in [0.5, 0.6) is 0 Å². The van der Waals surface area contributed by atoms with Crippen molar-refractivity contribution >= 4 is 11.8 Å². The highest BCUT2D eigenvalue weighted by Gasteiger charge is 2.24. The fourth-order valence-corrected chi connectivity index (χ4v) is 2.75. The van der Waals surface area contributed by atoms with E-state index in [2.05, 4.69) is 4.90 Å². The van der Waals surface area contributed by atoms with Gasteiger partial charge in [-0.15, -0.1) is 0 Å². The summed E-state index contributed by atoms with van der Waals surface area (Å²) in [6.07, 6.45) is 6.66. The van der Waals surface area contributed by atoms with Gasteiger partial charge in [0.05, 0.1) is 6.61 Å². The number of nitrogens with zero attached hydrogens (tertiary/aromatic N) is 1. The number of unbranched alkanes of at least 4 members (excludes halogenated alkanes) is 2. The number of Topliss-reactive ketones (excluding diaryl/α,β-unsaturated/α-hetero) is 1. The average Bonchev–Trinajstić information content (AvgIpc) is 2.76. The Kier molecular flexibility index (Phi) is 7.72. The summed E-state index contributed by atoms with van der Waals surface area (Å²) in [5.74, 6) is 0.206. The molecule has 110 valence electrons. The molecule has 1 aliphatic heterocycles. The largest absolute Gasteiger partial charge is 0.466 e. The Hall–Kier alpha value is -0.900. The highest BCUT2D eigenvalue weighted by molar-refractivity contribution is 5.76. The SMILES string of the molecule is CCOC(=O)CCCCCN1CCCC1CC(C)=O. The minimum atomic E-state index is -0.0851. The molecule has 0 bridgehead atoms. The van der Waals surface area contributed by atoms with E-state index in [0.717, 1.165) is 38.8 Å². The predicted octanol–water partition coefficient (Wildman–Crippen LogP) is 2.55. The smallest absolute Gasteiger partial charge is 0.305 e. The molecule has 1 saturated heterocycles. The van der Waals surface area contributed by atoms with Gasteiger partial charge in [-0.05, 0) is 52.6 Å². The summed E-state index contributed by atoms with van der Waals surface area (Å²) in [4.78, 5) is 24.8. The molecular weight excluding hydrogens is 242 g/mol. The zero-order valence-corrected chi connectivity index (χ0v) is 12.3. The summed E-state index contributed by atoms with van der Waals surface area (Å²) in [6.45, 7) is 6.16. The van der Waals surface area contributed by atoms with Crippen LogP contribution in [-0.2, 0) is 14.3 Å². The number of hydrogen-bond donors (Lipinski definition) is 0. The zero-order chi connectivity index (χ0) is 14.1. The first-order valence-corrected chi connectivity index (χ1v) is 7.52. The fourth-order valence-electron chi connectivity index (χ4n) is 2.75. The second-order valence-electron chi connectivity index (χ2n) is 5.35. The molecule has 0 aromatic carbocycles. The van der Waals surface area contributed by atoms with Crippen LogP contribution in [0.2, 0.25) is 0 Å². The first-order chi connectivity index (χ1) is 9.13. The number of rotatable bonds is 9. The molecular formula is C15H27NO3. The van der Waals surface area contributed by atoms with Gasteiger partial charge >= 0.3 is 5.97 Å². The summed E-state index contributed by atoms with van der Waals surface area (Å²) in [5.41, 5.74) is 0. The van der Waals surface area contributed by atoms with Crippen molar-refractivity contribution in [2.45, 2.75) is 64.8 Å². The van der Waals surface area contributed by atoms with Crippen LogP contribution in [0, 0.1) is 0 Å². The van der Waals surface area contributed by atoms with Crippen LogP contribution < -0.4 is 0 Å². The first-order valence-electron chi connectivity index (χ1n) is 7.52. The summed E-state index contributed by atoms with van der Waals surface area (Å²) in [5, 5.41) is 0. The van der Waals surface area contributed by atoms with E-state index < -0.39 is 0 Å². The standard InChI is InChI=1S/C15H27NO3/c1-3-19-15(18)9-5-4-6-10-16-11-7-8-14(16)12-13(2)17/h14H,3-12H2,1-2H3. The van der Waals surface area contributed by atoms with Gasteiger partial charge in [-0.25, -0.2) is 0 Å². The van der Waals surface area contributed by atoms with Gasteiger partial charge in [-0.1, -0.05) is 6.42 Å². The molecule has 1 rings (SSSR count). The number of ether oxygens (including phenoxy) is 1. The van der Waals surface area contributed by atoms with E-state index in [9.17, 15) is 9.59 Å². The molecule has 0 aliphatic carbocycles. The van der Waals surface area contributed by atoms with Crippen molar-refractivity contribution in [3.05, 3.63) is 0 Å². The maximum atomic E-state index is 11.2. The third-order valence-corrected chi connectivity index (χ3v) is 3.65. The normalized spacial score (nSPS) is 19.6. The summed E-state index contributed by atoms with van der Waals surface area (Å²) in [7, 11) is 0. The lowest BCUT2D eigenvalue weighted by Crippen LogP contribution is -2.31. The third kappa shape index (κ3) is 6.71. The van der Waals surface area contributed by atoms with Crippen LogP contribution >= 0.6 is 0 Å². The Balaban J connectivity index is 2.08. The molecule has 1 atom stereocenters. The molecule has 0 radical (unpaired) electrons. The lowest BCUT2D eigenvalue weighted by Gasteiger charge is -2.23. The molecule has 0 saturated carbocycles. The van der Waals surface area contributed by atoms with E-state index in [4.69, 9.17) is 4.74 Å². The van der Waals surface area contributed by atoms with E-state index in [0.29, 0.717) is 31.3 Å². The van der Waals surface area contributed by atoms with Gasteiger partial charge in [0.1, 0.15) is 5.78 Å². The molecule has 19 heavy (non-hydrogen) atoms. The minimum absolute atomic E-state index is 0.0851. The second kappa shape index (κ2) is 9.08. The van der Waals surface area contributed by atoms with Gasteiger partial charge in [0.25, 0.3) is 0 Å². The number of ketones is 1. The molecule has 0 aromatic heterocycles. The molecule has 4 heteroatoms. The van der Waals surface area contributed by atoms with Crippen LogP contribution in [0.4, 0.5) is 0 Å². The minimum Gasteiger partial charge on any atom is -0.466 e. The van der Waals surface area contributed by atoms with Crippen molar-refractivity contribution in [2.75, 3.05) is 19.7 Å². The highest BCUT2D eigenvalue weighted by atomic mass is 16.5. The Bertz CT molecular complexity index is 291.